The molecule has 6 atom stereocenters. The molecule has 3 heterocycles. The summed E-state index contributed by atoms with van der Waals surface area (Å²) >= 11 is 0. The number of hydrogen-bond acceptors (Lipinski definition) is 11. The van der Waals surface area contributed by atoms with Gasteiger partial charge < -0.3 is 30.5 Å². The molecule has 0 saturated carbocycles. The first-order valence-electron chi connectivity index (χ1n) is 14.0. The summed E-state index contributed by atoms with van der Waals surface area (Å²) in [6.07, 6.45) is 1.47. The number of nitrogens with zero attached hydrogens (tertiary/aromatic N) is 5. The van der Waals surface area contributed by atoms with Gasteiger partial charge in [-0.25, -0.2) is 10.1 Å². The number of aliphatic hydroxyl groups is 4. The highest BCUT2D eigenvalue weighted by Gasteiger charge is 2.41. The van der Waals surface area contributed by atoms with E-state index in [1.807, 2.05) is 35.2 Å². The Morgan fingerprint density at radius 2 is 1.93 bits per heavy atom. The number of morpholine rings is 1. The summed E-state index contributed by atoms with van der Waals surface area (Å²) in [7, 11) is 0. The lowest BCUT2D eigenvalue weighted by atomic mass is 9.98. The number of carbonyl (C=O) groups excluding carboxylic acids is 1. The maximum atomic E-state index is 13.1. The second-order valence-electron chi connectivity index (χ2n) is 10.3. The van der Waals surface area contributed by atoms with Crippen LogP contribution < -0.4 is 10.7 Å². The van der Waals surface area contributed by atoms with E-state index >= 15 is 0 Å². The molecule has 0 unspecified atom stereocenters. The van der Waals surface area contributed by atoms with Gasteiger partial charge in [0.1, 0.15) is 5.69 Å². The predicted octanol–water partition coefficient (Wildman–Crippen LogP) is -1.05. The quantitative estimate of drug-likeness (QED) is 0.101. The third-order valence-corrected chi connectivity index (χ3v) is 7.54. The minimum absolute atomic E-state index is 0.167. The smallest absolute Gasteiger partial charge is 0.270 e. The number of hydrazone groups is 1. The molecule has 13 nitrogen and oxygen atoms in total. The second kappa shape index (κ2) is 14.7. The van der Waals surface area contributed by atoms with Crippen molar-refractivity contribution in [2.24, 2.45) is 5.10 Å². The van der Waals surface area contributed by atoms with Crippen molar-refractivity contribution in [1.29, 1.82) is 0 Å². The van der Waals surface area contributed by atoms with Crippen LogP contribution in [0.5, 0.6) is 0 Å². The molecule has 2 fully saturated rings. The molecule has 2 aliphatic heterocycles. The number of ether oxygens (including phenoxy) is 1. The maximum Gasteiger partial charge on any atom is 0.270 e. The van der Waals surface area contributed by atoms with Gasteiger partial charge in [0.25, 0.3) is 5.91 Å². The van der Waals surface area contributed by atoms with Crippen LogP contribution >= 0.6 is 0 Å². The van der Waals surface area contributed by atoms with Gasteiger partial charge in [0, 0.05) is 13.1 Å². The van der Waals surface area contributed by atoms with Crippen molar-refractivity contribution in [2.45, 2.75) is 75.6 Å². The summed E-state index contributed by atoms with van der Waals surface area (Å²) in [5.41, 5.74) is 4.53. The summed E-state index contributed by atoms with van der Waals surface area (Å²) in [4.78, 5) is 15.1. The van der Waals surface area contributed by atoms with Crippen LogP contribution in [0.15, 0.2) is 35.4 Å². The Bertz CT molecular complexity index is 1090. The van der Waals surface area contributed by atoms with E-state index in [0.717, 1.165) is 24.8 Å². The van der Waals surface area contributed by atoms with Gasteiger partial charge >= 0.3 is 0 Å². The van der Waals surface area contributed by atoms with Crippen LogP contribution in [0.2, 0.25) is 0 Å². The van der Waals surface area contributed by atoms with E-state index in [4.69, 9.17) is 4.74 Å². The summed E-state index contributed by atoms with van der Waals surface area (Å²) in [5, 5.41) is 56.9. The van der Waals surface area contributed by atoms with E-state index in [9.17, 15) is 25.2 Å². The number of unbranched alkanes of at least 4 members (excludes halogenated alkanes) is 2. The average Bonchev–Trinajstić information content (AvgIpc) is 3.49. The van der Waals surface area contributed by atoms with Gasteiger partial charge in [-0.2, -0.15) is 5.10 Å². The van der Waals surface area contributed by atoms with Gasteiger partial charge in [0.2, 0.25) is 0 Å². The van der Waals surface area contributed by atoms with E-state index in [-0.39, 0.29) is 13.2 Å². The molecular formula is C27H41N7O6. The van der Waals surface area contributed by atoms with Gasteiger partial charge in [-0.05, 0) is 18.4 Å². The molecule has 0 aliphatic carbocycles. The van der Waals surface area contributed by atoms with E-state index in [2.05, 4.69) is 33.1 Å². The molecule has 0 radical (unpaired) electrons. The van der Waals surface area contributed by atoms with Crippen LogP contribution in [0.3, 0.4) is 0 Å². The summed E-state index contributed by atoms with van der Waals surface area (Å²) < 4.78 is 7.01. The monoisotopic (exact) mass is 559 g/mol. The summed E-state index contributed by atoms with van der Waals surface area (Å²) in [6, 6.07) is 7.63. The largest absolute Gasteiger partial charge is 0.395 e. The Balaban J connectivity index is 1.48. The van der Waals surface area contributed by atoms with Crippen LogP contribution in [0.1, 0.15) is 49.2 Å². The number of aryl methyl sites for hydroxylation is 1. The van der Waals surface area contributed by atoms with Crippen LogP contribution in [0.4, 0.5) is 0 Å². The number of aromatic nitrogens is 3. The number of aliphatic hydroxyl groups excluding tert-OH is 4. The highest BCUT2D eigenvalue weighted by atomic mass is 16.5. The fourth-order valence-electron chi connectivity index (χ4n) is 5.27. The lowest BCUT2D eigenvalue weighted by Gasteiger charge is -2.36. The van der Waals surface area contributed by atoms with Crippen molar-refractivity contribution in [3.05, 3.63) is 47.3 Å². The second-order valence-corrected chi connectivity index (χ2v) is 10.3. The maximum absolute atomic E-state index is 13.1. The fraction of sp³-hybridized carbons (Fsp3) is 0.630. The molecule has 6 N–H and O–H groups in total. The molecule has 40 heavy (non-hydrogen) atoms. The Morgan fingerprint density at radius 1 is 1.20 bits per heavy atom. The molecule has 2 saturated heterocycles. The Kier molecular flexibility index (Phi) is 11.1. The summed E-state index contributed by atoms with van der Waals surface area (Å²) in [5.74, 6) is -0.648. The van der Waals surface area contributed by atoms with E-state index in [0.29, 0.717) is 44.1 Å². The van der Waals surface area contributed by atoms with Crippen LogP contribution in [-0.2, 0) is 22.5 Å². The first-order valence-corrected chi connectivity index (χ1v) is 14.0. The van der Waals surface area contributed by atoms with Crippen molar-refractivity contribution in [1.82, 2.24) is 30.6 Å². The zero-order valence-electron chi connectivity index (χ0n) is 22.8. The normalized spacial score (nSPS) is 25.3. The molecule has 2 aromatic rings. The minimum atomic E-state index is -1.38. The highest BCUT2D eigenvalue weighted by Crippen LogP contribution is 2.26. The molecule has 0 bridgehead atoms. The Labute approximate surface area is 233 Å². The molecule has 220 valence electrons. The van der Waals surface area contributed by atoms with Crippen molar-refractivity contribution in [3.63, 3.8) is 0 Å². The molecule has 4 rings (SSSR count). The van der Waals surface area contributed by atoms with Crippen molar-refractivity contribution in [3.8, 4) is 0 Å². The third kappa shape index (κ3) is 7.29. The molecule has 13 heteroatoms. The van der Waals surface area contributed by atoms with Gasteiger partial charge in [0.15, 0.2) is 6.10 Å². The average molecular weight is 560 g/mol. The molecular weight excluding hydrogens is 518 g/mol. The number of benzene rings is 1. The van der Waals surface area contributed by atoms with Gasteiger partial charge in [-0.1, -0.05) is 55.3 Å². The van der Waals surface area contributed by atoms with Crippen LogP contribution in [-0.4, -0.2) is 116 Å². The predicted molar refractivity (Wildman–Crippen MR) is 146 cm³/mol. The van der Waals surface area contributed by atoms with Crippen molar-refractivity contribution < 1.29 is 30.0 Å². The Morgan fingerprint density at radius 3 is 2.60 bits per heavy atom. The number of hydrogen-bond donors (Lipinski definition) is 6. The lowest BCUT2D eigenvalue weighted by molar-refractivity contribution is -0.134. The fourth-order valence-corrected chi connectivity index (χ4v) is 5.27. The molecule has 1 amide bonds. The Hall–Kier alpha value is -2.78. The van der Waals surface area contributed by atoms with Crippen molar-refractivity contribution >= 4 is 12.1 Å². The van der Waals surface area contributed by atoms with Crippen LogP contribution in [0, 0.1) is 0 Å². The topological polar surface area (TPSA) is 178 Å². The number of amides is 1. The SMILES string of the molecule is CCCCCc1nnn(C[C@H]2N[C@H](CO)[C@@H](O)[C@@H]2O)c1/C=N/NC(=O)[C@H](O)[C@@H](c1ccccc1)N1CCOCC1. The van der Waals surface area contributed by atoms with E-state index in [1.54, 1.807) is 4.68 Å². The van der Waals surface area contributed by atoms with Gasteiger partial charge in [-0.3, -0.25) is 9.69 Å². The highest BCUT2D eigenvalue weighted by molar-refractivity contribution is 5.84. The summed E-state index contributed by atoms with van der Waals surface area (Å²) in [6.45, 7) is 4.18. The standard InChI is InChI=1S/C27H41N7O6/c1-2-3-5-10-19-22(34(32-30-19)16-20-24(36)25(37)21(17-35)29-20)15-28-31-27(39)26(38)23(18-8-6-4-7-9-18)33-11-13-40-14-12-33/h4,6-9,15,20-21,23-26,29,35-38H,2-3,5,10-14,16-17H2,1H3,(H,31,39)/b28-15+/t20-,21-,23-,24-,25-,26-/m1/s1. The van der Waals surface area contributed by atoms with Gasteiger partial charge in [0.05, 0.1) is 68.6 Å². The molecule has 1 aromatic heterocycles. The van der Waals surface area contributed by atoms with E-state index in [1.165, 1.54) is 6.21 Å². The molecule has 1 aromatic carbocycles. The first kappa shape index (κ1) is 30.2. The number of rotatable bonds is 13. The minimum Gasteiger partial charge on any atom is -0.395 e. The number of nitrogens with one attached hydrogen (secondary N) is 2. The van der Waals surface area contributed by atoms with E-state index < -0.39 is 42.3 Å². The number of carbonyl (C=O) groups is 1. The third-order valence-electron chi connectivity index (χ3n) is 7.54. The zero-order chi connectivity index (χ0) is 28.5. The zero-order valence-corrected chi connectivity index (χ0v) is 22.8. The van der Waals surface area contributed by atoms with Crippen LogP contribution in [0.25, 0.3) is 0 Å². The van der Waals surface area contributed by atoms with Gasteiger partial charge in [-0.15, -0.1) is 5.10 Å². The molecule has 2 aliphatic rings. The van der Waals surface area contributed by atoms with Crippen molar-refractivity contribution in [2.75, 3.05) is 32.9 Å². The lowest BCUT2D eigenvalue weighted by Crippen LogP contribution is -2.48. The molecule has 0 spiro atoms. The first-order chi connectivity index (χ1) is 19.4.